The van der Waals surface area contributed by atoms with Gasteiger partial charge in [-0.2, -0.15) is 0 Å². The molecule has 0 radical (unpaired) electrons. The number of thioether (sulfide) groups is 1. The van der Waals surface area contributed by atoms with Crippen LogP contribution in [0.3, 0.4) is 0 Å². The Bertz CT molecular complexity index is 1680. The standard InChI is InChI=1S/C39H44ClN3O4S/c1-25-26(6-3-8-36(25)48-38-41-18-5-19-42-38)10-15-34(44)31-13-9-29(31)22-43-23-39(17-4-7-27-20-30(40)12-14-32(27)39)24-47-35-16-11-28(21-33(35)43)37(45)46-2/h5,10-12,14-16,18-21,25-26,29,31,36H,3-4,6-9,13,17,22-24H2,1-2H3/b15-10+/t25-,26-,29+,31-,36+,39?/m1/s1. The zero-order valence-corrected chi connectivity index (χ0v) is 29.3. The number of methoxy groups -OCH3 is 1. The fourth-order valence-electron chi connectivity index (χ4n) is 8.42. The van der Waals surface area contributed by atoms with Crippen molar-refractivity contribution >= 4 is 40.8 Å². The molecule has 2 aromatic carbocycles. The maximum Gasteiger partial charge on any atom is 0.337 e. The molecule has 0 amide bonds. The molecule has 3 aliphatic carbocycles. The molecular formula is C39H44ClN3O4S. The first-order chi connectivity index (χ1) is 23.3. The van der Waals surface area contributed by atoms with Gasteiger partial charge in [-0.15, -0.1) is 0 Å². The highest BCUT2D eigenvalue weighted by atomic mass is 35.5. The number of allylic oxidation sites excluding steroid dienone is 2. The molecule has 7 nitrogen and oxygen atoms in total. The number of ether oxygens (including phenoxy) is 2. The lowest BCUT2D eigenvalue weighted by Crippen LogP contribution is -2.49. The summed E-state index contributed by atoms with van der Waals surface area (Å²) in [5, 5.41) is 2.03. The largest absolute Gasteiger partial charge is 0.490 e. The number of fused-ring (bicyclic) bond motifs is 3. The predicted octanol–water partition coefficient (Wildman–Crippen LogP) is 8.14. The van der Waals surface area contributed by atoms with E-state index in [4.69, 9.17) is 21.1 Å². The number of rotatable bonds is 8. The summed E-state index contributed by atoms with van der Waals surface area (Å²) in [5.74, 6) is 1.66. The van der Waals surface area contributed by atoms with E-state index in [1.807, 2.05) is 30.3 Å². The molecule has 252 valence electrons. The number of aromatic nitrogens is 2. The number of carbonyl (C=O) groups excluding carboxylic acids is 2. The van der Waals surface area contributed by atoms with Gasteiger partial charge in [0, 0.05) is 47.1 Å². The Balaban J connectivity index is 1.10. The van der Waals surface area contributed by atoms with Crippen LogP contribution in [-0.4, -0.2) is 53.8 Å². The van der Waals surface area contributed by atoms with E-state index < -0.39 is 0 Å². The molecule has 9 heteroatoms. The number of esters is 1. The van der Waals surface area contributed by atoms with Crippen molar-refractivity contribution in [2.24, 2.45) is 23.7 Å². The first kappa shape index (κ1) is 33.2. The molecular weight excluding hydrogens is 642 g/mol. The van der Waals surface area contributed by atoms with E-state index in [0.717, 1.165) is 86.1 Å². The van der Waals surface area contributed by atoms with E-state index in [-0.39, 0.29) is 29.0 Å². The Morgan fingerprint density at radius 3 is 2.75 bits per heavy atom. The lowest BCUT2D eigenvalue weighted by molar-refractivity contribution is -0.122. The number of halogens is 1. The number of hydrogen-bond donors (Lipinski definition) is 0. The Morgan fingerprint density at radius 1 is 1.10 bits per heavy atom. The summed E-state index contributed by atoms with van der Waals surface area (Å²) in [4.78, 5) is 37.6. The van der Waals surface area contributed by atoms with Crippen LogP contribution in [0, 0.1) is 23.7 Å². The molecule has 3 aromatic rings. The molecule has 6 atom stereocenters. The Morgan fingerprint density at radius 2 is 1.96 bits per heavy atom. The van der Waals surface area contributed by atoms with Gasteiger partial charge in [0.1, 0.15) is 5.75 Å². The van der Waals surface area contributed by atoms with E-state index in [0.29, 0.717) is 29.3 Å². The van der Waals surface area contributed by atoms with Crippen LogP contribution in [0.25, 0.3) is 0 Å². The second-order valence-electron chi connectivity index (χ2n) is 14.1. The maximum absolute atomic E-state index is 13.8. The summed E-state index contributed by atoms with van der Waals surface area (Å²) in [6, 6.07) is 13.7. The third-order valence-electron chi connectivity index (χ3n) is 11.3. The smallest absolute Gasteiger partial charge is 0.337 e. The molecule has 4 aliphatic rings. The normalized spacial score (nSPS) is 28.1. The van der Waals surface area contributed by atoms with Gasteiger partial charge in [0.25, 0.3) is 0 Å². The van der Waals surface area contributed by atoms with Crippen molar-refractivity contribution in [3.05, 3.63) is 88.7 Å². The second-order valence-corrected chi connectivity index (χ2v) is 15.8. The van der Waals surface area contributed by atoms with E-state index in [2.05, 4.69) is 40.0 Å². The van der Waals surface area contributed by atoms with Crippen LogP contribution >= 0.6 is 23.4 Å². The van der Waals surface area contributed by atoms with Crippen LogP contribution in [0.4, 0.5) is 5.69 Å². The van der Waals surface area contributed by atoms with E-state index in [1.54, 1.807) is 30.2 Å². The summed E-state index contributed by atoms with van der Waals surface area (Å²) in [5.41, 5.74) is 3.76. The molecule has 0 bridgehead atoms. The highest BCUT2D eigenvalue weighted by Gasteiger charge is 2.44. The molecule has 7 rings (SSSR count). The van der Waals surface area contributed by atoms with Gasteiger partial charge in [0.05, 0.1) is 25.0 Å². The van der Waals surface area contributed by atoms with Crippen molar-refractivity contribution in [2.75, 3.05) is 31.7 Å². The Hall–Kier alpha value is -3.36. The van der Waals surface area contributed by atoms with Crippen LogP contribution in [0.5, 0.6) is 5.75 Å². The minimum absolute atomic E-state index is 0.00662. The SMILES string of the molecule is COC(=O)c1ccc2c(c1)N(C[C@@H]1CC[C@H]1C(=O)/C=C/[C@H]1CCC[C@H](Sc3ncccn3)[C@@H]1C)CC1(CCCc3cc(Cl)ccc31)CO2. The van der Waals surface area contributed by atoms with Crippen LogP contribution in [0.2, 0.25) is 5.02 Å². The molecule has 48 heavy (non-hydrogen) atoms. The minimum Gasteiger partial charge on any atom is -0.490 e. The van der Waals surface area contributed by atoms with Gasteiger partial charge in [0.15, 0.2) is 10.9 Å². The number of anilines is 1. The van der Waals surface area contributed by atoms with Crippen molar-refractivity contribution in [3.63, 3.8) is 0 Å². The van der Waals surface area contributed by atoms with Gasteiger partial charge in [-0.05, 0) is 116 Å². The van der Waals surface area contributed by atoms with Crippen LogP contribution in [0.1, 0.15) is 73.4 Å². The number of nitrogens with zero attached hydrogens (tertiary/aromatic N) is 3. The van der Waals surface area contributed by atoms with Crippen molar-refractivity contribution in [1.29, 1.82) is 0 Å². The fraction of sp³-hybridized carbons (Fsp3) is 0.487. The van der Waals surface area contributed by atoms with E-state index >= 15 is 0 Å². The highest BCUT2D eigenvalue weighted by Crippen LogP contribution is 2.47. The summed E-state index contributed by atoms with van der Waals surface area (Å²) in [6.45, 7) is 4.33. The zero-order valence-electron chi connectivity index (χ0n) is 27.8. The molecule has 1 aliphatic heterocycles. The van der Waals surface area contributed by atoms with E-state index in [9.17, 15) is 9.59 Å². The van der Waals surface area contributed by atoms with Gasteiger partial charge in [0.2, 0.25) is 0 Å². The number of benzene rings is 2. The van der Waals surface area contributed by atoms with Gasteiger partial charge in [-0.25, -0.2) is 14.8 Å². The summed E-state index contributed by atoms with van der Waals surface area (Å²) in [7, 11) is 1.41. The third-order valence-corrected chi connectivity index (χ3v) is 12.9. The maximum atomic E-state index is 13.8. The molecule has 1 spiro atoms. The van der Waals surface area contributed by atoms with Gasteiger partial charge in [-0.1, -0.05) is 48.8 Å². The number of ketones is 1. The zero-order chi connectivity index (χ0) is 33.3. The molecule has 2 saturated carbocycles. The monoisotopic (exact) mass is 685 g/mol. The highest BCUT2D eigenvalue weighted by molar-refractivity contribution is 7.99. The van der Waals surface area contributed by atoms with Gasteiger partial charge in [-0.3, -0.25) is 4.79 Å². The van der Waals surface area contributed by atoms with Crippen molar-refractivity contribution in [1.82, 2.24) is 9.97 Å². The van der Waals surface area contributed by atoms with Crippen LogP contribution in [0.15, 0.2) is 72.2 Å². The quantitative estimate of drug-likeness (QED) is 0.134. The Labute approximate surface area is 292 Å². The number of hydrogen-bond acceptors (Lipinski definition) is 8. The van der Waals surface area contributed by atoms with Crippen LogP contribution in [-0.2, 0) is 21.4 Å². The first-order valence-electron chi connectivity index (χ1n) is 17.4. The second kappa shape index (κ2) is 14.2. The van der Waals surface area contributed by atoms with Gasteiger partial charge < -0.3 is 14.4 Å². The summed E-state index contributed by atoms with van der Waals surface area (Å²) >= 11 is 8.20. The molecule has 1 unspecified atom stereocenters. The fourth-order valence-corrected chi connectivity index (χ4v) is 9.83. The predicted molar refractivity (Wildman–Crippen MR) is 190 cm³/mol. The number of carbonyl (C=O) groups is 2. The summed E-state index contributed by atoms with van der Waals surface area (Å²) in [6.07, 6.45) is 16.0. The average molecular weight is 686 g/mol. The molecule has 0 saturated heterocycles. The number of aryl methyl sites for hydroxylation is 1. The van der Waals surface area contributed by atoms with E-state index in [1.165, 1.54) is 18.2 Å². The average Bonchev–Trinajstić information content (AvgIpc) is 3.23. The van der Waals surface area contributed by atoms with Crippen molar-refractivity contribution in [3.8, 4) is 5.75 Å². The molecule has 1 aromatic heterocycles. The lowest BCUT2D eigenvalue weighted by atomic mass is 9.68. The lowest BCUT2D eigenvalue weighted by Gasteiger charge is -2.44. The van der Waals surface area contributed by atoms with Crippen molar-refractivity contribution in [2.45, 2.75) is 74.1 Å². The topological polar surface area (TPSA) is 81.6 Å². The minimum atomic E-state index is -0.370. The first-order valence-corrected chi connectivity index (χ1v) is 18.6. The molecule has 2 heterocycles. The third kappa shape index (κ3) is 6.75. The molecule has 0 N–H and O–H groups in total. The summed E-state index contributed by atoms with van der Waals surface area (Å²) < 4.78 is 11.7. The van der Waals surface area contributed by atoms with Crippen LogP contribution < -0.4 is 9.64 Å². The Kier molecular flexibility index (Phi) is 9.84. The molecule has 2 fully saturated rings. The van der Waals surface area contributed by atoms with Crippen molar-refractivity contribution < 1.29 is 19.1 Å². The van der Waals surface area contributed by atoms with Gasteiger partial charge >= 0.3 is 5.97 Å².